The SMILES string of the molecule is CCC(C)C(NC(=O)c1ccccn1)C(=O)Nc1nc2ccccc2[nH]1. The van der Waals surface area contributed by atoms with Crippen molar-refractivity contribution in [3.63, 3.8) is 0 Å². The lowest BCUT2D eigenvalue weighted by Crippen LogP contribution is -2.48. The van der Waals surface area contributed by atoms with E-state index in [9.17, 15) is 9.59 Å². The maximum Gasteiger partial charge on any atom is 0.270 e. The zero-order valence-electron chi connectivity index (χ0n) is 14.7. The number of hydrogen-bond donors (Lipinski definition) is 3. The zero-order valence-corrected chi connectivity index (χ0v) is 14.7. The average molecular weight is 351 g/mol. The van der Waals surface area contributed by atoms with Crippen LogP contribution in [0, 0.1) is 5.92 Å². The van der Waals surface area contributed by atoms with Crippen LogP contribution in [0.2, 0.25) is 0 Å². The van der Waals surface area contributed by atoms with Gasteiger partial charge >= 0.3 is 0 Å². The predicted molar refractivity (Wildman–Crippen MR) is 99.7 cm³/mol. The van der Waals surface area contributed by atoms with Crippen molar-refractivity contribution in [3.05, 3.63) is 54.4 Å². The van der Waals surface area contributed by atoms with E-state index >= 15 is 0 Å². The van der Waals surface area contributed by atoms with Gasteiger partial charge in [-0.15, -0.1) is 0 Å². The Kier molecular flexibility index (Phi) is 5.26. The van der Waals surface area contributed by atoms with Crippen LogP contribution in [0.3, 0.4) is 0 Å². The maximum absolute atomic E-state index is 12.8. The standard InChI is InChI=1S/C19H21N5O2/c1-3-12(2)16(23-17(25)15-10-6-7-11-20-15)18(26)24-19-21-13-8-4-5-9-14(13)22-19/h4-12,16H,3H2,1-2H3,(H,23,25)(H2,21,22,24,26). The Labute approximate surface area is 151 Å². The molecule has 134 valence electrons. The molecule has 7 nitrogen and oxygen atoms in total. The average Bonchev–Trinajstić information content (AvgIpc) is 3.08. The van der Waals surface area contributed by atoms with Gasteiger partial charge in [-0.3, -0.25) is 19.9 Å². The van der Waals surface area contributed by atoms with Crippen molar-refractivity contribution in [2.75, 3.05) is 5.32 Å². The molecule has 0 fully saturated rings. The predicted octanol–water partition coefficient (Wildman–Crippen LogP) is 2.74. The number of aromatic nitrogens is 3. The van der Waals surface area contributed by atoms with Gasteiger partial charge in [-0.1, -0.05) is 38.5 Å². The molecule has 0 aliphatic carbocycles. The molecule has 2 atom stereocenters. The number of imidazole rings is 1. The number of anilines is 1. The number of pyridine rings is 1. The van der Waals surface area contributed by atoms with Gasteiger partial charge in [-0.25, -0.2) is 4.98 Å². The number of amides is 2. The molecule has 0 bridgehead atoms. The minimum atomic E-state index is -0.692. The molecule has 2 unspecified atom stereocenters. The van der Waals surface area contributed by atoms with E-state index in [1.807, 2.05) is 38.1 Å². The largest absolute Gasteiger partial charge is 0.339 e. The van der Waals surface area contributed by atoms with Gasteiger partial charge in [0, 0.05) is 6.20 Å². The smallest absolute Gasteiger partial charge is 0.270 e. The number of carbonyl (C=O) groups excluding carboxylic acids is 2. The van der Waals surface area contributed by atoms with Crippen LogP contribution in [0.25, 0.3) is 11.0 Å². The van der Waals surface area contributed by atoms with Crippen LogP contribution >= 0.6 is 0 Å². The highest BCUT2D eigenvalue weighted by molar-refractivity contribution is 6.00. The first kappa shape index (κ1) is 17.6. The Morgan fingerprint density at radius 3 is 2.62 bits per heavy atom. The second kappa shape index (κ2) is 7.77. The Bertz CT molecular complexity index is 873. The normalized spacial score (nSPS) is 13.2. The number of benzene rings is 1. The molecule has 2 heterocycles. The van der Waals surface area contributed by atoms with Gasteiger partial charge in [-0.05, 0) is 30.2 Å². The van der Waals surface area contributed by atoms with Crippen LogP contribution in [-0.4, -0.2) is 32.8 Å². The lowest BCUT2D eigenvalue weighted by Gasteiger charge is -2.22. The van der Waals surface area contributed by atoms with Gasteiger partial charge in [0.2, 0.25) is 11.9 Å². The number of aromatic amines is 1. The van der Waals surface area contributed by atoms with Gasteiger partial charge in [0.1, 0.15) is 11.7 Å². The third-order valence-corrected chi connectivity index (χ3v) is 4.31. The highest BCUT2D eigenvalue weighted by atomic mass is 16.2. The molecule has 7 heteroatoms. The number of nitrogens with zero attached hydrogens (tertiary/aromatic N) is 2. The van der Waals surface area contributed by atoms with Crippen LogP contribution in [0.1, 0.15) is 30.8 Å². The van der Waals surface area contributed by atoms with Crippen LogP contribution in [-0.2, 0) is 4.79 Å². The topological polar surface area (TPSA) is 99.8 Å². The Morgan fingerprint density at radius 2 is 1.92 bits per heavy atom. The first-order valence-electron chi connectivity index (χ1n) is 8.56. The molecule has 0 saturated carbocycles. The quantitative estimate of drug-likeness (QED) is 0.636. The van der Waals surface area contributed by atoms with Crippen LogP contribution in [0.15, 0.2) is 48.7 Å². The first-order valence-corrected chi connectivity index (χ1v) is 8.56. The van der Waals surface area contributed by atoms with E-state index in [1.165, 1.54) is 0 Å². The van der Waals surface area contributed by atoms with E-state index in [0.29, 0.717) is 5.95 Å². The second-order valence-corrected chi connectivity index (χ2v) is 6.14. The minimum absolute atomic E-state index is 0.0490. The Morgan fingerprint density at radius 1 is 1.15 bits per heavy atom. The summed E-state index contributed by atoms with van der Waals surface area (Å²) in [6, 6.07) is 11.9. The number of rotatable bonds is 6. The summed E-state index contributed by atoms with van der Waals surface area (Å²) >= 11 is 0. The van der Waals surface area contributed by atoms with Gasteiger partial charge in [-0.2, -0.15) is 0 Å². The van der Waals surface area contributed by atoms with Crippen molar-refractivity contribution >= 4 is 28.8 Å². The molecule has 2 aromatic heterocycles. The lowest BCUT2D eigenvalue weighted by molar-refractivity contribution is -0.119. The summed E-state index contributed by atoms with van der Waals surface area (Å²) in [5.41, 5.74) is 1.87. The minimum Gasteiger partial charge on any atom is -0.339 e. The molecular formula is C19H21N5O2. The van der Waals surface area contributed by atoms with Crippen molar-refractivity contribution in [2.45, 2.75) is 26.3 Å². The summed E-state index contributed by atoms with van der Waals surface area (Å²) in [5.74, 6) is -0.387. The third kappa shape index (κ3) is 3.88. The van der Waals surface area contributed by atoms with Crippen LogP contribution < -0.4 is 10.6 Å². The number of fused-ring (bicyclic) bond motifs is 1. The van der Waals surface area contributed by atoms with Crippen molar-refractivity contribution < 1.29 is 9.59 Å². The molecule has 3 N–H and O–H groups in total. The third-order valence-electron chi connectivity index (χ3n) is 4.31. The molecule has 3 rings (SSSR count). The van der Waals surface area contributed by atoms with E-state index < -0.39 is 6.04 Å². The fraction of sp³-hybridized carbons (Fsp3) is 0.263. The molecule has 1 aromatic carbocycles. The molecule has 0 aliphatic rings. The summed E-state index contributed by atoms with van der Waals surface area (Å²) in [6.45, 7) is 3.89. The number of para-hydroxylation sites is 2. The molecular weight excluding hydrogens is 330 g/mol. The molecule has 2 amide bonds. The summed E-state index contributed by atoms with van der Waals surface area (Å²) in [6.07, 6.45) is 2.28. The number of H-pyrrole nitrogens is 1. The molecule has 26 heavy (non-hydrogen) atoms. The van der Waals surface area contributed by atoms with Crippen LogP contribution in [0.4, 0.5) is 5.95 Å². The van der Waals surface area contributed by atoms with Crippen molar-refractivity contribution in [1.82, 2.24) is 20.3 Å². The van der Waals surface area contributed by atoms with E-state index in [2.05, 4.69) is 25.6 Å². The monoisotopic (exact) mass is 351 g/mol. The maximum atomic E-state index is 12.8. The fourth-order valence-corrected chi connectivity index (χ4v) is 2.62. The zero-order chi connectivity index (χ0) is 18.5. The first-order chi connectivity index (χ1) is 12.6. The highest BCUT2D eigenvalue weighted by Gasteiger charge is 2.27. The highest BCUT2D eigenvalue weighted by Crippen LogP contribution is 2.15. The van der Waals surface area contributed by atoms with Gasteiger partial charge in [0.15, 0.2) is 0 Å². The fourth-order valence-electron chi connectivity index (χ4n) is 2.62. The number of carbonyl (C=O) groups is 2. The molecule has 3 aromatic rings. The van der Waals surface area contributed by atoms with Crippen molar-refractivity contribution in [2.24, 2.45) is 5.92 Å². The molecule has 0 radical (unpaired) electrons. The summed E-state index contributed by atoms with van der Waals surface area (Å²) in [5, 5.41) is 5.55. The number of hydrogen-bond acceptors (Lipinski definition) is 4. The van der Waals surface area contributed by atoms with Crippen molar-refractivity contribution in [1.29, 1.82) is 0 Å². The van der Waals surface area contributed by atoms with Gasteiger partial charge in [0.25, 0.3) is 5.91 Å². The van der Waals surface area contributed by atoms with E-state index in [4.69, 9.17) is 0 Å². The lowest BCUT2D eigenvalue weighted by atomic mass is 9.98. The van der Waals surface area contributed by atoms with Crippen LogP contribution in [0.5, 0.6) is 0 Å². The summed E-state index contributed by atoms with van der Waals surface area (Å²) < 4.78 is 0. The van der Waals surface area contributed by atoms with E-state index in [0.717, 1.165) is 17.5 Å². The number of nitrogens with one attached hydrogen (secondary N) is 3. The van der Waals surface area contributed by atoms with Crippen molar-refractivity contribution in [3.8, 4) is 0 Å². The summed E-state index contributed by atoms with van der Waals surface area (Å²) in [4.78, 5) is 36.6. The Balaban J connectivity index is 1.76. The second-order valence-electron chi connectivity index (χ2n) is 6.14. The Hall–Kier alpha value is -3.22. The molecule has 0 saturated heterocycles. The van der Waals surface area contributed by atoms with E-state index in [-0.39, 0.29) is 23.4 Å². The van der Waals surface area contributed by atoms with Gasteiger partial charge < -0.3 is 10.3 Å². The molecule has 0 spiro atoms. The summed E-state index contributed by atoms with van der Waals surface area (Å²) in [7, 11) is 0. The van der Waals surface area contributed by atoms with E-state index in [1.54, 1.807) is 24.4 Å². The van der Waals surface area contributed by atoms with Gasteiger partial charge in [0.05, 0.1) is 11.0 Å². The molecule has 0 aliphatic heterocycles.